The average molecular weight is 292 g/mol. The molecule has 2 heterocycles. The fourth-order valence-electron chi connectivity index (χ4n) is 2.41. The SMILES string of the molecule is COc1ccc2nc3nc(-c4ccccc4)[nH]n3c(=O)c2c1. The molecule has 0 radical (unpaired) electrons. The number of aromatic nitrogens is 4. The first-order valence-corrected chi connectivity index (χ1v) is 6.78. The van der Waals surface area contributed by atoms with Gasteiger partial charge in [0.15, 0.2) is 5.82 Å². The second-order valence-corrected chi connectivity index (χ2v) is 4.87. The minimum Gasteiger partial charge on any atom is -0.497 e. The van der Waals surface area contributed by atoms with Crippen molar-refractivity contribution < 1.29 is 4.74 Å². The Bertz CT molecular complexity index is 1030. The van der Waals surface area contributed by atoms with E-state index in [0.29, 0.717) is 28.3 Å². The maximum absolute atomic E-state index is 12.6. The van der Waals surface area contributed by atoms with Gasteiger partial charge in [-0.2, -0.15) is 9.50 Å². The first-order valence-electron chi connectivity index (χ1n) is 6.78. The zero-order valence-corrected chi connectivity index (χ0v) is 11.8. The Labute approximate surface area is 125 Å². The van der Waals surface area contributed by atoms with E-state index in [9.17, 15) is 4.79 Å². The average Bonchev–Trinajstić information content (AvgIpc) is 3.00. The van der Waals surface area contributed by atoms with Gasteiger partial charge in [0.05, 0.1) is 18.0 Å². The van der Waals surface area contributed by atoms with Crippen molar-refractivity contribution in [1.82, 2.24) is 19.6 Å². The first kappa shape index (κ1) is 12.6. The van der Waals surface area contributed by atoms with Crippen molar-refractivity contribution in [3.63, 3.8) is 0 Å². The molecule has 1 N–H and O–H groups in total. The van der Waals surface area contributed by atoms with Gasteiger partial charge < -0.3 is 4.74 Å². The molecular weight excluding hydrogens is 280 g/mol. The van der Waals surface area contributed by atoms with Gasteiger partial charge in [0.25, 0.3) is 11.3 Å². The number of H-pyrrole nitrogens is 1. The van der Waals surface area contributed by atoms with Gasteiger partial charge in [0.1, 0.15) is 5.75 Å². The summed E-state index contributed by atoms with van der Waals surface area (Å²) in [5, 5.41) is 3.49. The summed E-state index contributed by atoms with van der Waals surface area (Å²) in [4.78, 5) is 21.4. The van der Waals surface area contributed by atoms with Crippen molar-refractivity contribution in [2.75, 3.05) is 7.11 Å². The van der Waals surface area contributed by atoms with Gasteiger partial charge in [0.2, 0.25) is 0 Å². The molecule has 0 aliphatic carbocycles. The maximum atomic E-state index is 12.6. The number of hydrogen-bond acceptors (Lipinski definition) is 4. The van der Waals surface area contributed by atoms with Crippen LogP contribution < -0.4 is 10.3 Å². The standard InChI is InChI=1S/C16H12N4O2/c1-22-11-7-8-13-12(9-11)15(21)20-16(17-13)18-14(19-20)10-5-3-2-4-6-10/h2-9H,1H3,(H,17,18,19). The van der Waals surface area contributed by atoms with E-state index in [4.69, 9.17) is 4.74 Å². The molecule has 4 rings (SSSR count). The number of aromatic amines is 1. The lowest BCUT2D eigenvalue weighted by Crippen LogP contribution is -2.15. The molecular formula is C16H12N4O2. The van der Waals surface area contributed by atoms with E-state index >= 15 is 0 Å². The van der Waals surface area contributed by atoms with Crippen molar-refractivity contribution in [2.45, 2.75) is 0 Å². The van der Waals surface area contributed by atoms with Gasteiger partial charge >= 0.3 is 0 Å². The minimum absolute atomic E-state index is 0.200. The highest BCUT2D eigenvalue weighted by atomic mass is 16.5. The minimum atomic E-state index is -0.200. The van der Waals surface area contributed by atoms with Gasteiger partial charge in [-0.05, 0) is 18.2 Å². The monoisotopic (exact) mass is 292 g/mol. The Hall–Kier alpha value is -3.15. The van der Waals surface area contributed by atoms with Crippen LogP contribution >= 0.6 is 0 Å². The summed E-state index contributed by atoms with van der Waals surface area (Å²) >= 11 is 0. The van der Waals surface area contributed by atoms with Crippen molar-refractivity contribution in [1.29, 1.82) is 0 Å². The Morgan fingerprint density at radius 3 is 2.68 bits per heavy atom. The topological polar surface area (TPSA) is 72.3 Å². The van der Waals surface area contributed by atoms with Crippen LogP contribution in [0.3, 0.4) is 0 Å². The number of rotatable bonds is 2. The van der Waals surface area contributed by atoms with Crippen LogP contribution in [0.25, 0.3) is 28.1 Å². The third-order valence-electron chi connectivity index (χ3n) is 3.53. The molecule has 0 aliphatic rings. The van der Waals surface area contributed by atoms with Crippen molar-refractivity contribution in [3.05, 3.63) is 58.9 Å². The lowest BCUT2D eigenvalue weighted by Gasteiger charge is -2.01. The molecule has 108 valence electrons. The molecule has 0 saturated heterocycles. The van der Waals surface area contributed by atoms with E-state index in [0.717, 1.165) is 5.56 Å². The third-order valence-corrected chi connectivity index (χ3v) is 3.53. The van der Waals surface area contributed by atoms with E-state index < -0.39 is 0 Å². The van der Waals surface area contributed by atoms with Crippen LogP contribution in [0.1, 0.15) is 0 Å². The first-order chi connectivity index (χ1) is 10.8. The van der Waals surface area contributed by atoms with Crippen molar-refractivity contribution >= 4 is 16.7 Å². The normalized spacial score (nSPS) is 11.1. The summed E-state index contributed by atoms with van der Waals surface area (Å²) in [6, 6.07) is 14.8. The lowest BCUT2D eigenvalue weighted by molar-refractivity contribution is 0.415. The zero-order valence-electron chi connectivity index (χ0n) is 11.8. The molecule has 0 aliphatic heterocycles. The smallest absolute Gasteiger partial charge is 0.281 e. The van der Waals surface area contributed by atoms with Crippen LogP contribution in [0.15, 0.2) is 53.3 Å². The van der Waals surface area contributed by atoms with E-state index in [2.05, 4.69) is 15.1 Å². The highest BCUT2D eigenvalue weighted by molar-refractivity contribution is 5.80. The van der Waals surface area contributed by atoms with Gasteiger partial charge in [-0.1, -0.05) is 30.3 Å². The molecule has 0 bridgehead atoms. The van der Waals surface area contributed by atoms with Crippen molar-refractivity contribution in [3.8, 4) is 17.1 Å². The van der Waals surface area contributed by atoms with Crippen LogP contribution in [-0.2, 0) is 0 Å². The van der Waals surface area contributed by atoms with Crippen LogP contribution in [0.4, 0.5) is 0 Å². The fourth-order valence-corrected chi connectivity index (χ4v) is 2.41. The van der Waals surface area contributed by atoms with Crippen LogP contribution in [0.2, 0.25) is 0 Å². The van der Waals surface area contributed by atoms with Gasteiger partial charge in [-0.25, -0.2) is 4.98 Å². The zero-order chi connectivity index (χ0) is 15.1. The number of ether oxygens (including phenoxy) is 1. The van der Waals surface area contributed by atoms with Gasteiger partial charge in [0, 0.05) is 5.56 Å². The summed E-state index contributed by atoms with van der Waals surface area (Å²) in [6.45, 7) is 0. The molecule has 0 spiro atoms. The molecule has 4 aromatic rings. The molecule has 6 nitrogen and oxygen atoms in total. The summed E-state index contributed by atoms with van der Waals surface area (Å²) in [5.74, 6) is 1.57. The predicted molar refractivity (Wildman–Crippen MR) is 83.1 cm³/mol. The molecule has 0 atom stereocenters. The number of fused-ring (bicyclic) bond motifs is 2. The van der Waals surface area contributed by atoms with Crippen LogP contribution in [0, 0.1) is 0 Å². The maximum Gasteiger partial charge on any atom is 0.281 e. The number of hydrogen-bond donors (Lipinski definition) is 1. The Kier molecular flexibility index (Phi) is 2.69. The molecule has 2 aromatic heterocycles. The molecule has 2 aromatic carbocycles. The number of nitrogens with zero attached hydrogens (tertiary/aromatic N) is 3. The third kappa shape index (κ3) is 1.85. The van der Waals surface area contributed by atoms with E-state index in [1.54, 1.807) is 25.3 Å². The Balaban J connectivity index is 2.02. The second kappa shape index (κ2) is 4.70. The highest BCUT2D eigenvalue weighted by Crippen LogP contribution is 2.18. The van der Waals surface area contributed by atoms with E-state index in [1.807, 2.05) is 30.3 Å². The van der Waals surface area contributed by atoms with Gasteiger partial charge in [-0.15, -0.1) is 0 Å². The molecule has 0 fully saturated rings. The van der Waals surface area contributed by atoms with Crippen molar-refractivity contribution in [2.24, 2.45) is 0 Å². The lowest BCUT2D eigenvalue weighted by atomic mass is 10.2. The fraction of sp³-hybridized carbons (Fsp3) is 0.0625. The quantitative estimate of drug-likeness (QED) is 0.615. The molecule has 0 saturated carbocycles. The Morgan fingerprint density at radius 1 is 1.09 bits per heavy atom. The van der Waals surface area contributed by atoms with Gasteiger partial charge in [-0.3, -0.25) is 9.89 Å². The van der Waals surface area contributed by atoms with Crippen LogP contribution in [0.5, 0.6) is 5.75 Å². The predicted octanol–water partition coefficient (Wildman–Crippen LogP) is 2.25. The highest BCUT2D eigenvalue weighted by Gasteiger charge is 2.11. The summed E-state index contributed by atoms with van der Waals surface area (Å²) in [6.07, 6.45) is 0. The number of nitrogens with one attached hydrogen (secondary N) is 1. The molecule has 6 heteroatoms. The molecule has 0 unspecified atom stereocenters. The largest absolute Gasteiger partial charge is 0.497 e. The summed E-state index contributed by atoms with van der Waals surface area (Å²) in [5.41, 5.74) is 1.29. The number of methoxy groups -OCH3 is 1. The van der Waals surface area contributed by atoms with E-state index in [-0.39, 0.29) is 5.56 Å². The summed E-state index contributed by atoms with van der Waals surface area (Å²) in [7, 11) is 1.56. The Morgan fingerprint density at radius 2 is 1.91 bits per heavy atom. The number of benzene rings is 2. The summed E-state index contributed by atoms with van der Waals surface area (Å²) < 4.78 is 6.51. The van der Waals surface area contributed by atoms with E-state index in [1.165, 1.54) is 4.52 Å². The van der Waals surface area contributed by atoms with Crippen LogP contribution in [-0.4, -0.2) is 26.7 Å². The molecule has 0 amide bonds. The second-order valence-electron chi connectivity index (χ2n) is 4.87. The molecule has 22 heavy (non-hydrogen) atoms.